The van der Waals surface area contributed by atoms with E-state index in [9.17, 15) is 9.18 Å². The molecule has 120 valence electrons. The molecular weight excluding hydrogens is 309 g/mol. The van der Waals surface area contributed by atoms with E-state index in [1.54, 1.807) is 17.0 Å². The summed E-state index contributed by atoms with van der Waals surface area (Å²) in [7, 11) is 0. The summed E-state index contributed by atoms with van der Waals surface area (Å²) < 4.78 is 18.4. The second kappa shape index (κ2) is 5.88. The molecule has 1 aromatic heterocycles. The van der Waals surface area contributed by atoms with Crippen LogP contribution in [-0.2, 0) is 4.79 Å². The Morgan fingerprint density at radius 1 is 1.08 bits per heavy atom. The molecule has 1 saturated heterocycles. The Balaban J connectivity index is 1.55. The number of aromatic nitrogens is 2. The highest BCUT2D eigenvalue weighted by atomic mass is 19.1. The predicted molar refractivity (Wildman–Crippen MR) is 85.8 cm³/mol. The summed E-state index contributed by atoms with van der Waals surface area (Å²) in [5.74, 6) is 0.471. The number of halogens is 1. The van der Waals surface area contributed by atoms with Gasteiger partial charge in [0.25, 0.3) is 5.89 Å². The van der Waals surface area contributed by atoms with E-state index in [-0.39, 0.29) is 17.6 Å². The highest BCUT2D eigenvalue weighted by Gasteiger charge is 2.34. The molecule has 24 heavy (non-hydrogen) atoms. The van der Waals surface area contributed by atoms with E-state index < -0.39 is 0 Å². The van der Waals surface area contributed by atoms with E-state index in [1.807, 2.05) is 30.3 Å². The van der Waals surface area contributed by atoms with Gasteiger partial charge in [0.15, 0.2) is 5.82 Å². The Bertz CT molecular complexity index is 861. The number of nitrogens with zero attached hydrogens (tertiary/aromatic N) is 3. The molecule has 1 aliphatic rings. The predicted octanol–water partition coefficient (Wildman–Crippen LogP) is 3.40. The van der Waals surface area contributed by atoms with Crippen molar-refractivity contribution in [3.8, 4) is 11.5 Å². The molecule has 2 aromatic carbocycles. The third kappa shape index (κ3) is 2.67. The number of hydrogen-bond donors (Lipinski definition) is 0. The number of carbonyl (C=O) groups excluding carboxylic acids is 1. The van der Waals surface area contributed by atoms with Gasteiger partial charge in [0, 0.05) is 30.1 Å². The number of hydrogen-bond acceptors (Lipinski definition) is 4. The maximum atomic E-state index is 13.0. The lowest BCUT2D eigenvalue weighted by atomic mass is 10.1. The van der Waals surface area contributed by atoms with Crippen molar-refractivity contribution >= 4 is 11.6 Å². The molecular formula is C18H14FN3O2. The summed E-state index contributed by atoms with van der Waals surface area (Å²) in [5.41, 5.74) is 1.52. The topological polar surface area (TPSA) is 59.2 Å². The number of benzene rings is 2. The third-order valence-electron chi connectivity index (χ3n) is 4.09. The minimum Gasteiger partial charge on any atom is -0.334 e. The van der Waals surface area contributed by atoms with Gasteiger partial charge < -0.3 is 9.42 Å². The van der Waals surface area contributed by atoms with Crippen molar-refractivity contribution in [2.45, 2.75) is 12.3 Å². The normalized spacial score (nSPS) is 17.5. The van der Waals surface area contributed by atoms with Gasteiger partial charge in [0.2, 0.25) is 5.91 Å². The Morgan fingerprint density at radius 2 is 1.83 bits per heavy atom. The maximum absolute atomic E-state index is 13.0. The van der Waals surface area contributed by atoms with E-state index in [0.29, 0.717) is 30.4 Å². The van der Waals surface area contributed by atoms with Gasteiger partial charge in [0.05, 0.1) is 0 Å². The van der Waals surface area contributed by atoms with Crippen LogP contribution in [0.1, 0.15) is 18.2 Å². The fraction of sp³-hybridized carbons (Fsp3) is 0.167. The number of rotatable bonds is 3. The second-order valence-electron chi connectivity index (χ2n) is 5.71. The van der Waals surface area contributed by atoms with Gasteiger partial charge >= 0.3 is 0 Å². The summed E-state index contributed by atoms with van der Waals surface area (Å²) in [6.45, 7) is 0.457. The summed E-state index contributed by atoms with van der Waals surface area (Å²) in [5, 5.41) is 4.03. The lowest BCUT2D eigenvalue weighted by molar-refractivity contribution is -0.117. The van der Waals surface area contributed by atoms with Crippen LogP contribution in [0.3, 0.4) is 0 Å². The zero-order valence-electron chi connectivity index (χ0n) is 12.7. The van der Waals surface area contributed by atoms with E-state index in [0.717, 1.165) is 5.56 Å². The molecule has 0 N–H and O–H groups in total. The van der Waals surface area contributed by atoms with E-state index in [1.165, 1.54) is 12.1 Å². The fourth-order valence-electron chi connectivity index (χ4n) is 2.85. The molecule has 0 spiro atoms. The van der Waals surface area contributed by atoms with Gasteiger partial charge in [-0.05, 0) is 36.4 Å². The third-order valence-corrected chi connectivity index (χ3v) is 4.09. The highest BCUT2D eigenvalue weighted by Crippen LogP contribution is 2.31. The van der Waals surface area contributed by atoms with Crippen LogP contribution in [0, 0.1) is 5.82 Å². The van der Waals surface area contributed by atoms with Crippen LogP contribution in [0.2, 0.25) is 0 Å². The van der Waals surface area contributed by atoms with Crippen LogP contribution < -0.4 is 4.90 Å². The number of anilines is 1. The fourth-order valence-corrected chi connectivity index (χ4v) is 2.85. The molecule has 1 atom stereocenters. The summed E-state index contributed by atoms with van der Waals surface area (Å²) in [4.78, 5) is 18.3. The maximum Gasteiger partial charge on any atom is 0.257 e. The van der Waals surface area contributed by atoms with Crippen LogP contribution in [0.25, 0.3) is 11.5 Å². The Kier molecular flexibility index (Phi) is 3.57. The smallest absolute Gasteiger partial charge is 0.257 e. The van der Waals surface area contributed by atoms with Crippen LogP contribution in [0.5, 0.6) is 0 Å². The van der Waals surface area contributed by atoms with Crippen molar-refractivity contribution in [3.63, 3.8) is 0 Å². The second-order valence-corrected chi connectivity index (χ2v) is 5.71. The molecule has 0 saturated carbocycles. The minimum atomic E-state index is -0.326. The molecule has 1 fully saturated rings. The van der Waals surface area contributed by atoms with E-state index in [2.05, 4.69) is 10.1 Å². The first-order valence-electron chi connectivity index (χ1n) is 7.65. The highest BCUT2D eigenvalue weighted by molar-refractivity contribution is 5.96. The number of carbonyl (C=O) groups is 1. The zero-order valence-corrected chi connectivity index (χ0v) is 12.7. The Hall–Kier alpha value is -3.02. The lowest BCUT2D eigenvalue weighted by Gasteiger charge is -2.15. The lowest BCUT2D eigenvalue weighted by Crippen LogP contribution is -2.24. The molecule has 3 aromatic rings. The number of amides is 1. The zero-order chi connectivity index (χ0) is 16.5. The first-order chi connectivity index (χ1) is 11.7. The summed E-state index contributed by atoms with van der Waals surface area (Å²) in [6, 6.07) is 15.4. The van der Waals surface area contributed by atoms with Gasteiger partial charge in [-0.3, -0.25) is 4.79 Å². The molecule has 0 unspecified atom stereocenters. The summed E-state index contributed by atoms with van der Waals surface area (Å²) >= 11 is 0. The van der Waals surface area contributed by atoms with Gasteiger partial charge in [0.1, 0.15) is 5.82 Å². The average Bonchev–Trinajstić information content (AvgIpc) is 3.23. The molecule has 0 aliphatic carbocycles. The van der Waals surface area contributed by atoms with Gasteiger partial charge in [-0.25, -0.2) is 4.39 Å². The van der Waals surface area contributed by atoms with Gasteiger partial charge in [-0.2, -0.15) is 4.98 Å². The first kappa shape index (κ1) is 14.6. The van der Waals surface area contributed by atoms with Crippen LogP contribution in [-0.4, -0.2) is 22.6 Å². The van der Waals surface area contributed by atoms with Gasteiger partial charge in [-0.1, -0.05) is 23.4 Å². The van der Waals surface area contributed by atoms with E-state index in [4.69, 9.17) is 4.52 Å². The first-order valence-corrected chi connectivity index (χ1v) is 7.65. The molecule has 1 aliphatic heterocycles. The van der Waals surface area contributed by atoms with Crippen molar-refractivity contribution in [1.29, 1.82) is 0 Å². The monoisotopic (exact) mass is 323 g/mol. The van der Waals surface area contributed by atoms with Crippen LogP contribution in [0.15, 0.2) is 59.1 Å². The molecule has 1 amide bonds. The van der Waals surface area contributed by atoms with Crippen molar-refractivity contribution in [2.24, 2.45) is 0 Å². The Morgan fingerprint density at radius 3 is 2.58 bits per heavy atom. The van der Waals surface area contributed by atoms with Crippen molar-refractivity contribution in [1.82, 2.24) is 10.1 Å². The standard InChI is InChI=1S/C18H14FN3O2/c19-14-6-8-15(9-7-14)22-11-13(10-16(22)23)17-20-18(24-21-17)12-4-2-1-3-5-12/h1-9,13H,10-11H2/t13-/m0/s1. The minimum absolute atomic E-state index is 0.0299. The quantitative estimate of drug-likeness (QED) is 0.741. The molecule has 6 heteroatoms. The molecule has 5 nitrogen and oxygen atoms in total. The molecule has 0 bridgehead atoms. The molecule has 2 heterocycles. The van der Waals surface area contributed by atoms with Crippen molar-refractivity contribution < 1.29 is 13.7 Å². The van der Waals surface area contributed by atoms with E-state index >= 15 is 0 Å². The molecule has 0 radical (unpaired) electrons. The van der Waals surface area contributed by atoms with Crippen LogP contribution >= 0.6 is 0 Å². The largest absolute Gasteiger partial charge is 0.334 e. The molecule has 4 rings (SSSR count). The van der Waals surface area contributed by atoms with Gasteiger partial charge in [-0.15, -0.1) is 0 Å². The van der Waals surface area contributed by atoms with Crippen molar-refractivity contribution in [3.05, 3.63) is 66.2 Å². The van der Waals surface area contributed by atoms with Crippen LogP contribution in [0.4, 0.5) is 10.1 Å². The Labute approximate surface area is 137 Å². The summed E-state index contributed by atoms with van der Waals surface area (Å²) in [6.07, 6.45) is 0.311. The van der Waals surface area contributed by atoms with Crippen molar-refractivity contribution in [2.75, 3.05) is 11.4 Å². The SMILES string of the molecule is O=C1C[C@H](c2noc(-c3ccccc3)n2)CN1c1ccc(F)cc1. The average molecular weight is 323 g/mol.